The summed E-state index contributed by atoms with van der Waals surface area (Å²) < 4.78 is 6.54. The lowest BCUT2D eigenvalue weighted by Gasteiger charge is -2.07. The van der Waals surface area contributed by atoms with Gasteiger partial charge in [0.25, 0.3) is 5.91 Å². The van der Waals surface area contributed by atoms with E-state index in [1.165, 1.54) is 28.0 Å². The molecule has 5 nitrogen and oxygen atoms in total. The molecule has 1 N–H and O–H groups in total. The van der Waals surface area contributed by atoms with Gasteiger partial charge in [0.2, 0.25) is 5.13 Å². The van der Waals surface area contributed by atoms with Crippen LogP contribution >= 0.6 is 34.9 Å². The van der Waals surface area contributed by atoms with Crippen molar-refractivity contribution in [3.8, 4) is 5.75 Å². The fourth-order valence-corrected chi connectivity index (χ4v) is 3.97. The van der Waals surface area contributed by atoms with Gasteiger partial charge < -0.3 is 4.74 Å². The standard InChI is InChI=1S/C18H17N3O2S3/c1-24-18-21-20-17(26-18)19-16(22)13-7-9-14(10-8-13)23-11-12-25-15-5-3-2-4-6-15/h2-10H,11-12H2,1H3,(H,19,20,22). The predicted octanol–water partition coefficient (Wildman–Crippen LogP) is 4.68. The average Bonchev–Trinajstić information content (AvgIpc) is 3.14. The third kappa shape index (κ3) is 5.48. The molecule has 0 radical (unpaired) electrons. The lowest BCUT2D eigenvalue weighted by molar-refractivity contribution is 0.102. The van der Waals surface area contributed by atoms with E-state index in [9.17, 15) is 4.79 Å². The maximum atomic E-state index is 12.2. The predicted molar refractivity (Wildman–Crippen MR) is 109 cm³/mol. The SMILES string of the molecule is CSc1nnc(NC(=O)c2ccc(OCCSc3ccccc3)cc2)s1. The van der Waals surface area contributed by atoms with E-state index in [0.717, 1.165) is 15.8 Å². The first kappa shape index (κ1) is 18.8. The average molecular weight is 404 g/mol. The topological polar surface area (TPSA) is 64.1 Å². The van der Waals surface area contributed by atoms with E-state index in [1.54, 1.807) is 36.0 Å². The Hall–Kier alpha value is -2.03. The summed E-state index contributed by atoms with van der Waals surface area (Å²) in [5.41, 5.74) is 0.553. The van der Waals surface area contributed by atoms with Gasteiger partial charge in [-0.3, -0.25) is 10.1 Å². The van der Waals surface area contributed by atoms with Gasteiger partial charge in [-0.15, -0.1) is 22.0 Å². The van der Waals surface area contributed by atoms with Crippen LogP contribution in [-0.2, 0) is 0 Å². The number of carbonyl (C=O) groups is 1. The summed E-state index contributed by atoms with van der Waals surface area (Å²) >= 11 is 4.60. The molecule has 0 aliphatic carbocycles. The Morgan fingerprint density at radius 1 is 1.12 bits per heavy atom. The van der Waals surface area contributed by atoms with Gasteiger partial charge in [-0.25, -0.2) is 0 Å². The van der Waals surface area contributed by atoms with Crippen LogP contribution in [0.1, 0.15) is 10.4 Å². The van der Waals surface area contributed by atoms with Gasteiger partial charge in [0.05, 0.1) is 6.61 Å². The number of aromatic nitrogens is 2. The third-order valence-corrected chi connectivity index (χ3v) is 6.07. The quantitative estimate of drug-likeness (QED) is 0.335. The number of anilines is 1. The number of thioether (sulfide) groups is 2. The summed E-state index contributed by atoms with van der Waals surface area (Å²) in [7, 11) is 0. The second-order valence-corrected chi connectivity index (χ2v) is 8.26. The van der Waals surface area contributed by atoms with Crippen molar-refractivity contribution < 1.29 is 9.53 Å². The largest absolute Gasteiger partial charge is 0.493 e. The number of benzene rings is 2. The summed E-state index contributed by atoms with van der Waals surface area (Å²) in [6.45, 7) is 0.605. The normalized spacial score (nSPS) is 10.5. The minimum absolute atomic E-state index is 0.208. The molecule has 2 aromatic carbocycles. The van der Waals surface area contributed by atoms with E-state index in [1.807, 2.05) is 24.5 Å². The summed E-state index contributed by atoms with van der Waals surface area (Å²) in [5, 5.41) is 11.1. The molecule has 0 unspecified atom stereocenters. The minimum Gasteiger partial charge on any atom is -0.493 e. The fraction of sp³-hybridized carbons (Fsp3) is 0.167. The van der Waals surface area contributed by atoms with Crippen LogP contribution in [0, 0.1) is 0 Å². The molecule has 1 heterocycles. The van der Waals surface area contributed by atoms with E-state index in [0.29, 0.717) is 17.3 Å². The van der Waals surface area contributed by atoms with E-state index in [2.05, 4.69) is 27.6 Å². The van der Waals surface area contributed by atoms with Crippen LogP contribution in [0.5, 0.6) is 5.75 Å². The molecule has 26 heavy (non-hydrogen) atoms. The highest BCUT2D eigenvalue weighted by atomic mass is 32.2. The van der Waals surface area contributed by atoms with Crippen LogP contribution in [0.3, 0.4) is 0 Å². The molecule has 8 heteroatoms. The molecule has 1 amide bonds. The van der Waals surface area contributed by atoms with E-state index in [4.69, 9.17) is 4.74 Å². The molecule has 134 valence electrons. The summed E-state index contributed by atoms with van der Waals surface area (Å²) in [4.78, 5) is 13.4. The molecule has 0 saturated heterocycles. The molecule has 0 atom stereocenters. The van der Waals surface area contributed by atoms with Crippen LogP contribution in [-0.4, -0.2) is 34.7 Å². The van der Waals surface area contributed by atoms with Crippen molar-refractivity contribution in [2.24, 2.45) is 0 Å². The Balaban J connectivity index is 1.46. The Labute approximate surface area is 164 Å². The maximum Gasteiger partial charge on any atom is 0.257 e. The van der Waals surface area contributed by atoms with Crippen LogP contribution in [0.15, 0.2) is 63.8 Å². The van der Waals surface area contributed by atoms with Crippen LogP contribution < -0.4 is 10.1 Å². The molecule has 3 aromatic rings. The Morgan fingerprint density at radius 3 is 2.58 bits per heavy atom. The van der Waals surface area contributed by atoms with Gasteiger partial charge in [-0.1, -0.05) is 41.3 Å². The van der Waals surface area contributed by atoms with Crippen molar-refractivity contribution in [3.05, 3.63) is 60.2 Å². The fourth-order valence-electron chi connectivity index (χ4n) is 2.05. The van der Waals surface area contributed by atoms with Gasteiger partial charge in [0.1, 0.15) is 5.75 Å². The number of hydrogen-bond donors (Lipinski definition) is 1. The van der Waals surface area contributed by atoms with Crippen LogP contribution in [0.4, 0.5) is 5.13 Å². The molecule has 3 rings (SSSR count). The minimum atomic E-state index is -0.208. The first-order chi connectivity index (χ1) is 12.7. The lowest BCUT2D eigenvalue weighted by Crippen LogP contribution is -2.11. The van der Waals surface area contributed by atoms with Crippen molar-refractivity contribution in [1.82, 2.24) is 10.2 Å². The van der Waals surface area contributed by atoms with E-state index < -0.39 is 0 Å². The second-order valence-electron chi connectivity index (χ2n) is 5.07. The van der Waals surface area contributed by atoms with Gasteiger partial charge in [0.15, 0.2) is 4.34 Å². The number of hydrogen-bond acceptors (Lipinski definition) is 7. The molecule has 1 aromatic heterocycles. The number of carbonyl (C=O) groups excluding carboxylic acids is 1. The molecule has 0 saturated carbocycles. The number of rotatable bonds is 8. The zero-order valence-electron chi connectivity index (χ0n) is 14.0. The number of amides is 1. The Morgan fingerprint density at radius 2 is 1.88 bits per heavy atom. The zero-order valence-corrected chi connectivity index (χ0v) is 16.5. The highest BCUT2D eigenvalue weighted by molar-refractivity contribution is 8.00. The van der Waals surface area contributed by atoms with Crippen molar-refractivity contribution in [2.45, 2.75) is 9.24 Å². The van der Waals surface area contributed by atoms with E-state index in [-0.39, 0.29) is 5.91 Å². The first-order valence-electron chi connectivity index (χ1n) is 7.84. The molecule has 0 aliphatic rings. The molecule has 0 aliphatic heterocycles. The number of nitrogens with zero attached hydrogens (tertiary/aromatic N) is 2. The Bertz CT molecular complexity index is 838. The van der Waals surface area contributed by atoms with Crippen molar-refractivity contribution in [3.63, 3.8) is 0 Å². The van der Waals surface area contributed by atoms with Crippen molar-refractivity contribution in [2.75, 3.05) is 23.9 Å². The third-order valence-electron chi connectivity index (χ3n) is 3.28. The smallest absolute Gasteiger partial charge is 0.257 e. The van der Waals surface area contributed by atoms with Gasteiger partial charge in [-0.2, -0.15) is 0 Å². The van der Waals surface area contributed by atoms with Crippen LogP contribution in [0.25, 0.3) is 0 Å². The van der Waals surface area contributed by atoms with E-state index >= 15 is 0 Å². The van der Waals surface area contributed by atoms with Crippen molar-refractivity contribution >= 4 is 45.9 Å². The maximum absolute atomic E-state index is 12.2. The molecule has 0 spiro atoms. The van der Waals surface area contributed by atoms with Gasteiger partial charge in [-0.05, 0) is 42.7 Å². The number of ether oxygens (including phenoxy) is 1. The molecule has 0 fully saturated rings. The second kappa shape index (κ2) is 9.61. The molecule has 0 bridgehead atoms. The summed E-state index contributed by atoms with van der Waals surface area (Å²) in [6, 6.07) is 17.3. The van der Waals surface area contributed by atoms with Gasteiger partial charge in [0, 0.05) is 16.2 Å². The lowest BCUT2D eigenvalue weighted by atomic mass is 10.2. The monoisotopic (exact) mass is 403 g/mol. The highest BCUT2D eigenvalue weighted by Gasteiger charge is 2.10. The summed E-state index contributed by atoms with van der Waals surface area (Å²) in [6.07, 6.45) is 1.92. The Kier molecular flexibility index (Phi) is 6.93. The summed E-state index contributed by atoms with van der Waals surface area (Å²) in [5.74, 6) is 1.40. The number of nitrogens with one attached hydrogen (secondary N) is 1. The zero-order chi connectivity index (χ0) is 18.2. The molecular weight excluding hydrogens is 386 g/mol. The van der Waals surface area contributed by atoms with Crippen LogP contribution in [0.2, 0.25) is 0 Å². The van der Waals surface area contributed by atoms with Gasteiger partial charge >= 0.3 is 0 Å². The first-order valence-corrected chi connectivity index (χ1v) is 10.9. The van der Waals surface area contributed by atoms with Crippen molar-refractivity contribution in [1.29, 1.82) is 0 Å². The highest BCUT2D eigenvalue weighted by Crippen LogP contribution is 2.24. The molecular formula is C18H17N3O2S3.